The maximum Gasteiger partial charge on any atom is -0.0314 e. The van der Waals surface area contributed by atoms with E-state index in [-0.39, 0.29) is 0 Å². The van der Waals surface area contributed by atoms with Gasteiger partial charge in [0, 0.05) is 0 Å². The Bertz CT molecular complexity index is 309. The molecule has 2 atom stereocenters. The average molecular weight is 339 g/mol. The molecule has 0 aliphatic carbocycles. The molecule has 0 aliphatic rings. The normalized spacial score (nSPS) is 17.0. The van der Waals surface area contributed by atoms with E-state index < -0.39 is 0 Å². The first-order valence-electron chi connectivity index (χ1n) is 10.6. The number of hydrogen-bond acceptors (Lipinski definition) is 0. The van der Waals surface area contributed by atoms with Crippen molar-refractivity contribution in [2.75, 3.05) is 0 Å². The van der Waals surface area contributed by atoms with Crippen LogP contribution in [0, 0.1) is 33.5 Å². The van der Waals surface area contributed by atoms with Crippen LogP contribution in [0.2, 0.25) is 0 Å². The Hall–Kier alpha value is 0. The van der Waals surface area contributed by atoms with Crippen LogP contribution in [0.4, 0.5) is 0 Å². The van der Waals surface area contributed by atoms with Gasteiger partial charge in [0.25, 0.3) is 0 Å². The largest absolute Gasteiger partial charge is 0.0654 e. The molecule has 0 aromatic rings. The van der Waals surface area contributed by atoms with E-state index in [9.17, 15) is 0 Å². The van der Waals surface area contributed by atoms with Crippen molar-refractivity contribution >= 4 is 0 Å². The molecular formula is C24H50. The van der Waals surface area contributed by atoms with Crippen LogP contribution < -0.4 is 0 Å². The lowest BCUT2D eigenvalue weighted by Gasteiger charge is -2.47. The second kappa shape index (κ2) is 8.59. The van der Waals surface area contributed by atoms with Gasteiger partial charge in [-0.3, -0.25) is 0 Å². The van der Waals surface area contributed by atoms with Gasteiger partial charge >= 0.3 is 0 Å². The summed E-state index contributed by atoms with van der Waals surface area (Å²) in [5.41, 5.74) is 1.63. The van der Waals surface area contributed by atoms with Crippen LogP contribution in [0.15, 0.2) is 0 Å². The maximum absolute atomic E-state index is 2.53. The number of rotatable bonds is 9. The molecule has 0 spiro atoms. The highest BCUT2D eigenvalue weighted by Crippen LogP contribution is 2.51. The SMILES string of the molecule is CCCC(C(C)(C)C)C(C)(C)CCC(C)(C)C(CCC)C(C)(C)C. The van der Waals surface area contributed by atoms with Crippen molar-refractivity contribution in [3.63, 3.8) is 0 Å². The first-order valence-corrected chi connectivity index (χ1v) is 10.6. The minimum absolute atomic E-state index is 0.399. The molecule has 0 fully saturated rings. The predicted octanol–water partition coefficient (Wildman–Crippen LogP) is 8.74. The van der Waals surface area contributed by atoms with Gasteiger partial charge in [0.15, 0.2) is 0 Å². The molecule has 0 bridgehead atoms. The molecule has 0 heteroatoms. The number of hydrogen-bond donors (Lipinski definition) is 0. The van der Waals surface area contributed by atoms with Crippen molar-refractivity contribution < 1.29 is 0 Å². The van der Waals surface area contributed by atoms with Gasteiger partial charge in [0.2, 0.25) is 0 Å². The fourth-order valence-corrected chi connectivity index (χ4v) is 5.56. The van der Waals surface area contributed by atoms with Crippen molar-refractivity contribution in [1.29, 1.82) is 0 Å². The molecule has 0 saturated carbocycles. The molecule has 24 heavy (non-hydrogen) atoms. The van der Waals surface area contributed by atoms with Gasteiger partial charge in [-0.05, 0) is 59.2 Å². The van der Waals surface area contributed by atoms with Crippen LogP contribution in [0.3, 0.4) is 0 Å². The van der Waals surface area contributed by atoms with Crippen LogP contribution in [-0.2, 0) is 0 Å². The summed E-state index contributed by atoms with van der Waals surface area (Å²) >= 11 is 0. The van der Waals surface area contributed by atoms with Crippen LogP contribution >= 0.6 is 0 Å². The quantitative estimate of drug-likeness (QED) is 0.394. The molecule has 2 unspecified atom stereocenters. The van der Waals surface area contributed by atoms with Gasteiger partial charge in [-0.1, -0.05) is 95.9 Å². The fraction of sp³-hybridized carbons (Fsp3) is 1.00. The van der Waals surface area contributed by atoms with E-state index in [1.54, 1.807) is 0 Å². The zero-order valence-corrected chi connectivity index (χ0v) is 19.4. The Labute approximate surface area is 155 Å². The van der Waals surface area contributed by atoms with Crippen molar-refractivity contribution in [3.05, 3.63) is 0 Å². The molecule has 0 nitrogen and oxygen atoms in total. The maximum atomic E-state index is 2.53. The van der Waals surface area contributed by atoms with Gasteiger partial charge in [-0.15, -0.1) is 0 Å². The van der Waals surface area contributed by atoms with Gasteiger partial charge in [-0.25, -0.2) is 0 Å². The Morgan fingerprint density at radius 3 is 0.917 bits per heavy atom. The minimum Gasteiger partial charge on any atom is -0.0654 e. The molecule has 0 amide bonds. The zero-order valence-electron chi connectivity index (χ0n) is 19.4. The van der Waals surface area contributed by atoms with Crippen molar-refractivity contribution in [2.45, 2.75) is 122 Å². The molecule has 0 heterocycles. The summed E-state index contributed by atoms with van der Waals surface area (Å²) in [5.74, 6) is 1.59. The second-order valence-corrected chi connectivity index (χ2v) is 11.9. The Balaban J connectivity index is 5.23. The minimum atomic E-state index is 0.399. The van der Waals surface area contributed by atoms with Crippen LogP contribution in [0.1, 0.15) is 122 Å². The molecule has 0 aromatic heterocycles. The predicted molar refractivity (Wildman–Crippen MR) is 113 cm³/mol. The lowest BCUT2D eigenvalue weighted by atomic mass is 9.58. The smallest absolute Gasteiger partial charge is 0.0314 e. The summed E-state index contributed by atoms with van der Waals surface area (Å²) in [6.07, 6.45) is 8.00. The first kappa shape index (κ1) is 24.0. The topological polar surface area (TPSA) is 0 Å². The van der Waals surface area contributed by atoms with E-state index in [1.165, 1.54) is 38.5 Å². The molecule has 0 N–H and O–H groups in total. The molecule has 0 rings (SSSR count). The van der Waals surface area contributed by atoms with E-state index >= 15 is 0 Å². The standard InChI is InChI=1S/C24H50/c1-13-15-19(21(3,4)5)23(9,10)17-18-24(11,12)20(16-14-2)22(6,7)8/h19-20H,13-18H2,1-12H3. The summed E-state index contributed by atoms with van der Waals surface area (Å²) in [5, 5.41) is 0. The summed E-state index contributed by atoms with van der Waals surface area (Å²) in [7, 11) is 0. The molecule has 0 aliphatic heterocycles. The highest BCUT2D eigenvalue weighted by Gasteiger charge is 2.41. The first-order chi connectivity index (χ1) is 10.6. The Morgan fingerprint density at radius 2 is 0.750 bits per heavy atom. The zero-order chi connectivity index (χ0) is 19.4. The van der Waals surface area contributed by atoms with E-state index in [2.05, 4.69) is 83.1 Å². The molecule has 0 aromatic carbocycles. The van der Waals surface area contributed by atoms with Gasteiger partial charge in [0.05, 0.1) is 0 Å². The Kier molecular flexibility index (Phi) is 8.59. The van der Waals surface area contributed by atoms with Crippen molar-refractivity contribution in [2.24, 2.45) is 33.5 Å². The van der Waals surface area contributed by atoms with Crippen molar-refractivity contribution in [3.8, 4) is 0 Å². The Morgan fingerprint density at radius 1 is 0.500 bits per heavy atom. The third kappa shape index (κ3) is 7.09. The summed E-state index contributed by atoms with van der Waals surface area (Å²) in [6, 6.07) is 0. The third-order valence-electron chi connectivity index (χ3n) is 6.55. The highest BCUT2D eigenvalue weighted by atomic mass is 14.5. The fourth-order valence-electron chi connectivity index (χ4n) is 5.56. The average Bonchev–Trinajstić information content (AvgIpc) is 2.37. The van der Waals surface area contributed by atoms with Crippen LogP contribution in [0.5, 0.6) is 0 Å². The second-order valence-electron chi connectivity index (χ2n) is 11.9. The highest BCUT2D eigenvalue weighted by molar-refractivity contribution is 4.91. The van der Waals surface area contributed by atoms with E-state index in [4.69, 9.17) is 0 Å². The van der Waals surface area contributed by atoms with Gasteiger partial charge < -0.3 is 0 Å². The molecular weight excluding hydrogens is 288 g/mol. The molecule has 0 radical (unpaired) electrons. The lowest BCUT2D eigenvalue weighted by Crippen LogP contribution is -2.38. The summed E-state index contributed by atoms with van der Waals surface area (Å²) in [4.78, 5) is 0. The van der Waals surface area contributed by atoms with Crippen molar-refractivity contribution in [1.82, 2.24) is 0 Å². The van der Waals surface area contributed by atoms with E-state index in [0.29, 0.717) is 21.7 Å². The molecule has 0 saturated heterocycles. The van der Waals surface area contributed by atoms with E-state index in [0.717, 1.165) is 11.8 Å². The lowest BCUT2D eigenvalue weighted by molar-refractivity contribution is 0.0242. The van der Waals surface area contributed by atoms with Crippen LogP contribution in [-0.4, -0.2) is 0 Å². The van der Waals surface area contributed by atoms with Crippen LogP contribution in [0.25, 0.3) is 0 Å². The third-order valence-corrected chi connectivity index (χ3v) is 6.55. The van der Waals surface area contributed by atoms with E-state index in [1.807, 2.05) is 0 Å². The van der Waals surface area contributed by atoms with Gasteiger partial charge in [-0.2, -0.15) is 0 Å². The monoisotopic (exact) mass is 338 g/mol. The summed E-state index contributed by atoms with van der Waals surface area (Å²) in [6.45, 7) is 29.4. The van der Waals surface area contributed by atoms with Gasteiger partial charge in [0.1, 0.15) is 0 Å². The summed E-state index contributed by atoms with van der Waals surface area (Å²) < 4.78 is 0. The molecule has 146 valence electrons.